The third-order valence-electron chi connectivity index (χ3n) is 1.05. The lowest BCUT2D eigenvalue weighted by molar-refractivity contribution is 0.994. The fourth-order valence-electron chi connectivity index (χ4n) is 0.624. The van der Waals surface area contributed by atoms with E-state index in [0.717, 1.165) is 4.88 Å². The second kappa shape index (κ2) is 3.99. The molecule has 0 atom stereocenters. The highest BCUT2D eigenvalue weighted by Crippen LogP contribution is 2.01. The molecule has 0 saturated heterocycles. The zero-order valence-corrected chi connectivity index (χ0v) is 6.93. The van der Waals surface area contributed by atoms with Crippen LogP contribution >= 0.6 is 11.5 Å². The van der Waals surface area contributed by atoms with Gasteiger partial charge < -0.3 is 5.43 Å². The van der Waals surface area contributed by atoms with Crippen LogP contribution in [0.15, 0.2) is 11.2 Å². The van der Waals surface area contributed by atoms with Gasteiger partial charge in [0.1, 0.15) is 4.88 Å². The molecule has 0 bridgehead atoms. The SMILES string of the molecule is CCN=C(NN)c1cnns1. The summed E-state index contributed by atoms with van der Waals surface area (Å²) in [5, 5.41) is 3.67. The van der Waals surface area contributed by atoms with Crippen LogP contribution in [0.3, 0.4) is 0 Å². The quantitative estimate of drug-likeness (QED) is 0.279. The van der Waals surface area contributed by atoms with Crippen molar-refractivity contribution in [3.63, 3.8) is 0 Å². The van der Waals surface area contributed by atoms with Crippen molar-refractivity contribution in [3.05, 3.63) is 11.1 Å². The Morgan fingerprint density at radius 3 is 3.18 bits per heavy atom. The van der Waals surface area contributed by atoms with Crippen LogP contribution in [0, 0.1) is 0 Å². The van der Waals surface area contributed by atoms with Crippen LogP contribution in [0.4, 0.5) is 0 Å². The molecule has 1 rings (SSSR count). The first-order valence-electron chi connectivity index (χ1n) is 3.17. The van der Waals surface area contributed by atoms with Crippen LogP contribution in [-0.2, 0) is 0 Å². The van der Waals surface area contributed by atoms with Gasteiger partial charge in [0.25, 0.3) is 0 Å². The molecule has 0 unspecified atom stereocenters. The van der Waals surface area contributed by atoms with Crippen molar-refractivity contribution in [1.29, 1.82) is 0 Å². The Hall–Kier alpha value is -1.01. The third-order valence-corrected chi connectivity index (χ3v) is 1.72. The molecule has 11 heavy (non-hydrogen) atoms. The number of hydrazine groups is 1. The molecule has 0 aliphatic carbocycles. The highest BCUT2D eigenvalue weighted by Gasteiger charge is 2.02. The van der Waals surface area contributed by atoms with Crippen molar-refractivity contribution in [1.82, 2.24) is 15.0 Å². The second-order valence-corrected chi connectivity index (χ2v) is 2.53. The molecule has 0 spiro atoms. The Morgan fingerprint density at radius 2 is 2.73 bits per heavy atom. The number of aromatic nitrogens is 2. The van der Waals surface area contributed by atoms with Crippen LogP contribution in [0.5, 0.6) is 0 Å². The molecule has 0 fully saturated rings. The number of nitrogens with zero attached hydrogens (tertiary/aromatic N) is 3. The summed E-state index contributed by atoms with van der Waals surface area (Å²) < 4.78 is 3.69. The lowest BCUT2D eigenvalue weighted by Gasteiger charge is -1.98. The summed E-state index contributed by atoms with van der Waals surface area (Å²) >= 11 is 1.26. The van der Waals surface area contributed by atoms with E-state index in [4.69, 9.17) is 5.84 Å². The van der Waals surface area contributed by atoms with Crippen LogP contribution in [0.25, 0.3) is 0 Å². The summed E-state index contributed by atoms with van der Waals surface area (Å²) in [6, 6.07) is 0. The molecule has 0 radical (unpaired) electrons. The summed E-state index contributed by atoms with van der Waals surface area (Å²) in [7, 11) is 0. The van der Waals surface area contributed by atoms with Crippen molar-refractivity contribution >= 4 is 17.4 Å². The summed E-state index contributed by atoms with van der Waals surface area (Å²) in [5.41, 5.74) is 2.49. The number of rotatable bonds is 2. The van der Waals surface area contributed by atoms with Gasteiger partial charge in [0.05, 0.1) is 6.20 Å². The van der Waals surface area contributed by atoms with Crippen molar-refractivity contribution < 1.29 is 0 Å². The molecule has 5 nitrogen and oxygen atoms in total. The minimum Gasteiger partial charge on any atom is -0.307 e. The number of nitrogens with two attached hydrogens (primary N) is 1. The Labute approximate surface area is 68.5 Å². The van der Waals surface area contributed by atoms with E-state index < -0.39 is 0 Å². The molecule has 1 aromatic heterocycles. The monoisotopic (exact) mass is 171 g/mol. The minimum atomic E-state index is 0.641. The van der Waals surface area contributed by atoms with Crippen molar-refractivity contribution in [2.24, 2.45) is 10.8 Å². The highest BCUT2D eigenvalue weighted by molar-refractivity contribution is 7.07. The second-order valence-electron chi connectivity index (χ2n) is 1.75. The fraction of sp³-hybridized carbons (Fsp3) is 0.400. The Kier molecular flexibility index (Phi) is 2.94. The van der Waals surface area contributed by atoms with E-state index in [1.54, 1.807) is 6.20 Å². The molecule has 60 valence electrons. The molecular formula is C5H9N5S. The predicted molar refractivity (Wildman–Crippen MR) is 44.3 cm³/mol. The van der Waals surface area contributed by atoms with E-state index in [2.05, 4.69) is 20.0 Å². The molecule has 0 amide bonds. The van der Waals surface area contributed by atoms with Gasteiger partial charge in [-0.15, -0.1) is 5.10 Å². The van der Waals surface area contributed by atoms with E-state index in [1.807, 2.05) is 6.92 Å². The molecule has 1 heterocycles. The standard InChI is InChI=1S/C5H9N5S/c1-2-7-5(9-6)4-3-8-10-11-4/h3H,2,6H2,1H3,(H,7,9). The maximum absolute atomic E-state index is 5.22. The van der Waals surface area contributed by atoms with Gasteiger partial charge in [-0.05, 0) is 18.5 Å². The lowest BCUT2D eigenvalue weighted by atomic mass is 10.5. The van der Waals surface area contributed by atoms with E-state index in [0.29, 0.717) is 12.4 Å². The topological polar surface area (TPSA) is 76.2 Å². The Bertz CT molecular complexity index is 229. The van der Waals surface area contributed by atoms with Gasteiger partial charge in [-0.25, -0.2) is 5.84 Å². The summed E-state index contributed by atoms with van der Waals surface area (Å²) in [6.45, 7) is 2.63. The van der Waals surface area contributed by atoms with Gasteiger partial charge in [-0.2, -0.15) is 0 Å². The first-order chi connectivity index (χ1) is 5.38. The summed E-state index contributed by atoms with van der Waals surface area (Å²) in [5.74, 6) is 5.86. The molecule has 3 N–H and O–H groups in total. The number of nitrogens with one attached hydrogen (secondary N) is 1. The molecular weight excluding hydrogens is 162 g/mol. The molecule has 1 aromatic rings. The third kappa shape index (κ3) is 1.95. The van der Waals surface area contributed by atoms with Crippen molar-refractivity contribution in [3.8, 4) is 0 Å². The Morgan fingerprint density at radius 1 is 1.91 bits per heavy atom. The minimum absolute atomic E-state index is 0.641. The van der Waals surface area contributed by atoms with Gasteiger partial charge >= 0.3 is 0 Å². The van der Waals surface area contributed by atoms with Crippen LogP contribution in [-0.4, -0.2) is 22.0 Å². The van der Waals surface area contributed by atoms with Gasteiger partial charge in [0.15, 0.2) is 5.84 Å². The summed E-state index contributed by atoms with van der Waals surface area (Å²) in [6.07, 6.45) is 1.62. The first-order valence-corrected chi connectivity index (χ1v) is 3.94. The smallest absolute Gasteiger partial charge is 0.156 e. The number of aliphatic imine (C=N–C) groups is 1. The number of hydrogen-bond donors (Lipinski definition) is 2. The fourth-order valence-corrected chi connectivity index (χ4v) is 1.11. The molecule has 0 aromatic carbocycles. The number of hydrogen-bond acceptors (Lipinski definition) is 5. The highest BCUT2D eigenvalue weighted by atomic mass is 32.1. The van der Waals surface area contributed by atoms with Gasteiger partial charge in [-0.3, -0.25) is 4.99 Å². The molecule has 6 heteroatoms. The largest absolute Gasteiger partial charge is 0.307 e. The average molecular weight is 171 g/mol. The predicted octanol–water partition coefficient (Wildman–Crippen LogP) is -0.232. The maximum atomic E-state index is 5.22. The van der Waals surface area contributed by atoms with Gasteiger partial charge in [0.2, 0.25) is 0 Å². The zero-order valence-electron chi connectivity index (χ0n) is 6.11. The van der Waals surface area contributed by atoms with E-state index in [9.17, 15) is 0 Å². The van der Waals surface area contributed by atoms with Crippen LogP contribution < -0.4 is 11.3 Å². The first kappa shape index (κ1) is 8.09. The van der Waals surface area contributed by atoms with Gasteiger partial charge in [0, 0.05) is 6.54 Å². The average Bonchev–Trinajstić information content (AvgIpc) is 2.52. The Balaban J connectivity index is 2.79. The lowest BCUT2D eigenvalue weighted by Crippen LogP contribution is -2.30. The molecule has 0 saturated carbocycles. The summed E-state index contributed by atoms with van der Waals surface area (Å²) in [4.78, 5) is 4.95. The molecule has 0 aliphatic heterocycles. The van der Waals surface area contributed by atoms with E-state index >= 15 is 0 Å². The molecule has 0 aliphatic rings. The van der Waals surface area contributed by atoms with Gasteiger partial charge in [-0.1, -0.05) is 4.49 Å². The van der Waals surface area contributed by atoms with Crippen LogP contribution in [0.1, 0.15) is 11.8 Å². The van der Waals surface area contributed by atoms with Crippen LogP contribution in [0.2, 0.25) is 0 Å². The maximum Gasteiger partial charge on any atom is 0.156 e. The number of amidine groups is 1. The van der Waals surface area contributed by atoms with Crippen molar-refractivity contribution in [2.75, 3.05) is 6.54 Å². The zero-order chi connectivity index (χ0) is 8.10. The van der Waals surface area contributed by atoms with Crippen molar-refractivity contribution in [2.45, 2.75) is 6.92 Å². The normalized spacial score (nSPS) is 11.6. The van der Waals surface area contributed by atoms with E-state index in [-0.39, 0.29) is 0 Å². The van der Waals surface area contributed by atoms with E-state index in [1.165, 1.54) is 11.5 Å².